The van der Waals surface area contributed by atoms with Gasteiger partial charge in [-0.25, -0.2) is 9.37 Å². The van der Waals surface area contributed by atoms with Gasteiger partial charge in [-0.1, -0.05) is 12.1 Å². The molecule has 164 valence electrons. The fourth-order valence-corrected chi connectivity index (χ4v) is 3.44. The molecule has 0 radical (unpaired) electrons. The lowest BCUT2D eigenvalue weighted by Gasteiger charge is -2.29. The fraction of sp³-hybridized carbons (Fsp3) is 0.190. The van der Waals surface area contributed by atoms with Gasteiger partial charge in [-0.3, -0.25) is 24.6 Å². The Kier molecular flexibility index (Phi) is 5.54. The van der Waals surface area contributed by atoms with E-state index in [1.807, 2.05) is 0 Å². The van der Waals surface area contributed by atoms with Gasteiger partial charge < -0.3 is 14.6 Å². The standard InChI is InChI=1S/C21H18FN5O5/c1-25-9-8-23-21(25)20(13-2-4-14(22)5-3-13)24-18(28)11-26-16-10-15(27(30)31)6-7-17(16)32-12-19(26)29/h2-10,20H,11-12H2,1H3,(H,24,28). The second-order valence-corrected chi connectivity index (χ2v) is 7.13. The van der Waals surface area contributed by atoms with Crippen molar-refractivity contribution < 1.29 is 23.6 Å². The van der Waals surface area contributed by atoms with Crippen LogP contribution in [0.2, 0.25) is 0 Å². The van der Waals surface area contributed by atoms with Crippen molar-refractivity contribution in [2.75, 3.05) is 18.1 Å². The Hall–Kier alpha value is -4.28. The molecular formula is C21H18FN5O5. The van der Waals surface area contributed by atoms with E-state index in [-0.39, 0.29) is 23.7 Å². The highest BCUT2D eigenvalue weighted by atomic mass is 19.1. The summed E-state index contributed by atoms with van der Waals surface area (Å²) in [6.07, 6.45) is 3.28. The van der Waals surface area contributed by atoms with Crippen LogP contribution in [-0.4, -0.2) is 39.4 Å². The lowest BCUT2D eigenvalue weighted by atomic mass is 10.1. The monoisotopic (exact) mass is 439 g/mol. The number of nitro groups is 1. The molecule has 0 aliphatic carbocycles. The van der Waals surface area contributed by atoms with E-state index in [1.54, 1.807) is 24.0 Å². The Morgan fingerprint density at radius 3 is 2.72 bits per heavy atom. The van der Waals surface area contributed by atoms with Crippen LogP contribution in [0.1, 0.15) is 17.4 Å². The van der Waals surface area contributed by atoms with Crippen molar-refractivity contribution in [3.8, 4) is 5.75 Å². The predicted octanol–water partition coefficient (Wildman–Crippen LogP) is 2.10. The second kappa shape index (κ2) is 8.46. The molecule has 1 unspecified atom stereocenters. The van der Waals surface area contributed by atoms with E-state index in [0.29, 0.717) is 11.4 Å². The zero-order valence-electron chi connectivity index (χ0n) is 16.9. The predicted molar refractivity (Wildman–Crippen MR) is 111 cm³/mol. The van der Waals surface area contributed by atoms with Gasteiger partial charge in [0.05, 0.1) is 10.6 Å². The van der Waals surface area contributed by atoms with E-state index in [4.69, 9.17) is 4.74 Å². The minimum absolute atomic E-state index is 0.140. The summed E-state index contributed by atoms with van der Waals surface area (Å²) in [4.78, 5) is 41.3. The first-order valence-corrected chi connectivity index (χ1v) is 9.57. The number of carbonyl (C=O) groups excluding carboxylic acids is 2. The third-order valence-corrected chi connectivity index (χ3v) is 5.02. The summed E-state index contributed by atoms with van der Waals surface area (Å²) in [7, 11) is 1.76. The highest BCUT2D eigenvalue weighted by Crippen LogP contribution is 2.35. The summed E-state index contributed by atoms with van der Waals surface area (Å²) >= 11 is 0. The lowest BCUT2D eigenvalue weighted by molar-refractivity contribution is -0.384. The zero-order chi connectivity index (χ0) is 22.8. The van der Waals surface area contributed by atoms with Gasteiger partial charge in [0.1, 0.15) is 30.0 Å². The number of hydrogen-bond donors (Lipinski definition) is 1. The van der Waals surface area contributed by atoms with Gasteiger partial charge in [0.25, 0.3) is 11.6 Å². The third kappa shape index (κ3) is 4.13. The number of hydrogen-bond acceptors (Lipinski definition) is 6. The number of ether oxygens (including phenoxy) is 1. The van der Waals surface area contributed by atoms with Crippen LogP contribution < -0.4 is 15.0 Å². The first-order valence-electron chi connectivity index (χ1n) is 9.57. The van der Waals surface area contributed by atoms with Crippen LogP contribution >= 0.6 is 0 Å². The molecule has 0 fully saturated rings. The summed E-state index contributed by atoms with van der Waals surface area (Å²) in [6.45, 7) is -0.683. The maximum Gasteiger partial charge on any atom is 0.271 e. The quantitative estimate of drug-likeness (QED) is 0.464. The van der Waals surface area contributed by atoms with E-state index in [1.165, 1.54) is 42.5 Å². The molecule has 3 aromatic rings. The molecular weight excluding hydrogens is 421 g/mol. The van der Waals surface area contributed by atoms with Crippen LogP contribution in [0.5, 0.6) is 5.75 Å². The number of nitro benzene ring substituents is 1. The number of imidazole rings is 1. The molecule has 0 saturated heterocycles. The van der Waals surface area contributed by atoms with Gasteiger partial charge in [0.15, 0.2) is 6.61 Å². The van der Waals surface area contributed by atoms with Crippen molar-refractivity contribution in [2.45, 2.75) is 6.04 Å². The highest BCUT2D eigenvalue weighted by Gasteiger charge is 2.30. The average Bonchev–Trinajstić information content (AvgIpc) is 3.20. The average molecular weight is 439 g/mol. The molecule has 1 aromatic heterocycles. The van der Waals surface area contributed by atoms with Crippen molar-refractivity contribution in [3.63, 3.8) is 0 Å². The molecule has 1 N–H and O–H groups in total. The Bertz CT molecular complexity index is 1190. The van der Waals surface area contributed by atoms with Gasteiger partial charge in [0.2, 0.25) is 5.91 Å². The molecule has 10 nitrogen and oxygen atoms in total. The van der Waals surface area contributed by atoms with Crippen molar-refractivity contribution in [2.24, 2.45) is 7.05 Å². The smallest absolute Gasteiger partial charge is 0.271 e. The molecule has 1 aliphatic rings. The summed E-state index contributed by atoms with van der Waals surface area (Å²) < 4.78 is 20.4. The number of non-ortho nitro benzene ring substituents is 1. The van der Waals surface area contributed by atoms with Crippen molar-refractivity contribution >= 4 is 23.2 Å². The van der Waals surface area contributed by atoms with E-state index in [9.17, 15) is 24.1 Å². The Balaban J connectivity index is 1.61. The largest absolute Gasteiger partial charge is 0.482 e. The first-order chi connectivity index (χ1) is 15.3. The number of rotatable bonds is 6. The number of aromatic nitrogens is 2. The fourth-order valence-electron chi connectivity index (χ4n) is 3.44. The van der Waals surface area contributed by atoms with Gasteiger partial charge in [-0.15, -0.1) is 0 Å². The molecule has 2 amide bonds. The topological polar surface area (TPSA) is 120 Å². The molecule has 0 spiro atoms. The number of carbonyl (C=O) groups is 2. The van der Waals surface area contributed by atoms with Gasteiger partial charge in [0, 0.05) is 31.6 Å². The van der Waals surface area contributed by atoms with Crippen molar-refractivity contribution in [3.05, 3.63) is 82.2 Å². The molecule has 1 atom stereocenters. The summed E-state index contributed by atoms with van der Waals surface area (Å²) in [5.41, 5.74) is 0.504. The summed E-state index contributed by atoms with van der Waals surface area (Å²) in [5, 5.41) is 14.0. The molecule has 11 heteroatoms. The van der Waals surface area contributed by atoms with Crippen LogP contribution in [0.4, 0.5) is 15.8 Å². The maximum atomic E-state index is 13.4. The molecule has 0 bridgehead atoms. The molecule has 32 heavy (non-hydrogen) atoms. The molecule has 0 saturated carbocycles. The Morgan fingerprint density at radius 1 is 1.31 bits per heavy atom. The number of amides is 2. The molecule has 2 aromatic carbocycles. The maximum absolute atomic E-state index is 13.4. The van der Waals surface area contributed by atoms with E-state index in [2.05, 4.69) is 10.3 Å². The number of halogens is 1. The van der Waals surface area contributed by atoms with Crippen LogP contribution in [-0.2, 0) is 16.6 Å². The van der Waals surface area contributed by atoms with Crippen LogP contribution in [0.15, 0.2) is 54.9 Å². The highest BCUT2D eigenvalue weighted by molar-refractivity contribution is 6.02. The molecule has 1 aliphatic heterocycles. The van der Waals surface area contributed by atoms with Gasteiger partial charge in [-0.2, -0.15) is 0 Å². The summed E-state index contributed by atoms with van der Waals surface area (Å²) in [6, 6.07) is 8.76. The van der Waals surface area contributed by atoms with E-state index < -0.39 is 35.1 Å². The molecule has 4 rings (SSSR count). The zero-order valence-corrected chi connectivity index (χ0v) is 16.9. The van der Waals surface area contributed by atoms with Crippen molar-refractivity contribution in [1.29, 1.82) is 0 Å². The van der Waals surface area contributed by atoms with Crippen LogP contribution in [0.3, 0.4) is 0 Å². The van der Waals surface area contributed by atoms with Gasteiger partial charge in [-0.05, 0) is 23.8 Å². The van der Waals surface area contributed by atoms with E-state index in [0.717, 1.165) is 4.90 Å². The Labute approximate surface area is 181 Å². The number of aryl methyl sites for hydroxylation is 1. The van der Waals surface area contributed by atoms with Crippen molar-refractivity contribution in [1.82, 2.24) is 14.9 Å². The molecule has 2 heterocycles. The number of nitrogens with zero attached hydrogens (tertiary/aromatic N) is 4. The minimum atomic E-state index is -0.705. The first kappa shape index (κ1) is 21.0. The van der Waals surface area contributed by atoms with Gasteiger partial charge >= 0.3 is 0 Å². The van der Waals surface area contributed by atoms with Crippen LogP contribution in [0, 0.1) is 15.9 Å². The normalized spacial score (nSPS) is 13.8. The van der Waals surface area contributed by atoms with E-state index >= 15 is 0 Å². The summed E-state index contributed by atoms with van der Waals surface area (Å²) in [5.74, 6) is -0.689. The number of fused-ring (bicyclic) bond motifs is 1. The number of benzene rings is 2. The SMILES string of the molecule is Cn1ccnc1C(NC(=O)CN1C(=O)COc2ccc([N+](=O)[O-])cc21)c1ccc(F)cc1. The minimum Gasteiger partial charge on any atom is -0.482 e. The lowest BCUT2D eigenvalue weighted by Crippen LogP contribution is -2.46. The van der Waals surface area contributed by atoms with Crippen LogP contribution in [0.25, 0.3) is 0 Å². The number of nitrogens with one attached hydrogen (secondary N) is 1. The Morgan fingerprint density at radius 2 is 2.06 bits per heavy atom. The second-order valence-electron chi connectivity index (χ2n) is 7.13. The number of anilines is 1. The third-order valence-electron chi connectivity index (χ3n) is 5.02.